The fourth-order valence-electron chi connectivity index (χ4n) is 2.81. The predicted octanol–water partition coefficient (Wildman–Crippen LogP) is 3.45. The maximum absolute atomic E-state index is 12.5. The van der Waals surface area contributed by atoms with Gasteiger partial charge in [-0.2, -0.15) is 5.10 Å². The van der Waals surface area contributed by atoms with Gasteiger partial charge in [-0.3, -0.25) is 14.4 Å². The Morgan fingerprint density at radius 3 is 2.27 bits per heavy atom. The van der Waals surface area contributed by atoms with Crippen molar-refractivity contribution >= 4 is 23.2 Å². The minimum atomic E-state index is -0.420. The molecular weight excluding hydrogens is 380 g/mol. The van der Waals surface area contributed by atoms with Gasteiger partial charge in [-0.15, -0.1) is 0 Å². The highest BCUT2D eigenvalue weighted by Gasteiger charge is 2.12. The molecule has 0 bridgehead atoms. The first kappa shape index (κ1) is 21.0. The Labute approximate surface area is 174 Å². The van der Waals surface area contributed by atoms with Crippen molar-refractivity contribution in [3.05, 3.63) is 87.3 Å². The van der Waals surface area contributed by atoms with E-state index in [0.717, 1.165) is 21.4 Å². The summed E-state index contributed by atoms with van der Waals surface area (Å²) in [5.41, 5.74) is 4.36. The SMILES string of the molecule is Cc1ccc(NC(=O)CCn2nc(C(=O)Nc3ccc(C)c(C)c3)ccc2=O)cc1. The smallest absolute Gasteiger partial charge is 0.276 e. The van der Waals surface area contributed by atoms with Gasteiger partial charge in [0.2, 0.25) is 5.91 Å². The molecule has 0 saturated heterocycles. The number of carbonyl (C=O) groups is 2. The van der Waals surface area contributed by atoms with Gasteiger partial charge in [-0.25, -0.2) is 4.68 Å². The number of benzene rings is 2. The van der Waals surface area contributed by atoms with Gasteiger partial charge in [0.15, 0.2) is 0 Å². The number of hydrogen-bond donors (Lipinski definition) is 2. The monoisotopic (exact) mass is 404 g/mol. The second kappa shape index (κ2) is 9.17. The summed E-state index contributed by atoms with van der Waals surface area (Å²) in [6.45, 7) is 5.99. The Balaban J connectivity index is 1.64. The minimum Gasteiger partial charge on any atom is -0.326 e. The summed E-state index contributed by atoms with van der Waals surface area (Å²) in [5, 5.41) is 9.67. The Morgan fingerprint density at radius 2 is 1.57 bits per heavy atom. The molecule has 0 aliphatic rings. The largest absolute Gasteiger partial charge is 0.326 e. The average molecular weight is 404 g/mol. The minimum absolute atomic E-state index is 0.0585. The van der Waals surface area contributed by atoms with Gasteiger partial charge >= 0.3 is 0 Å². The van der Waals surface area contributed by atoms with Crippen molar-refractivity contribution in [2.45, 2.75) is 33.7 Å². The van der Waals surface area contributed by atoms with Crippen molar-refractivity contribution in [1.29, 1.82) is 0 Å². The van der Waals surface area contributed by atoms with Crippen LogP contribution in [0, 0.1) is 20.8 Å². The van der Waals surface area contributed by atoms with Gasteiger partial charge in [0.1, 0.15) is 5.69 Å². The number of aromatic nitrogens is 2. The lowest BCUT2D eigenvalue weighted by Gasteiger charge is -2.09. The molecule has 0 fully saturated rings. The van der Waals surface area contributed by atoms with Crippen LogP contribution >= 0.6 is 0 Å². The van der Waals surface area contributed by atoms with Crippen molar-refractivity contribution in [1.82, 2.24) is 9.78 Å². The van der Waals surface area contributed by atoms with Crippen LogP contribution < -0.4 is 16.2 Å². The van der Waals surface area contributed by atoms with Gasteiger partial charge in [-0.05, 0) is 62.2 Å². The lowest BCUT2D eigenvalue weighted by Crippen LogP contribution is -2.28. The molecule has 3 aromatic rings. The lowest BCUT2D eigenvalue weighted by atomic mass is 10.1. The molecule has 2 aromatic carbocycles. The van der Waals surface area contributed by atoms with Crippen molar-refractivity contribution in [3.8, 4) is 0 Å². The lowest BCUT2D eigenvalue weighted by molar-refractivity contribution is -0.116. The number of rotatable bonds is 6. The molecule has 0 aliphatic heterocycles. The molecule has 3 rings (SSSR count). The molecule has 2 amide bonds. The predicted molar refractivity (Wildman–Crippen MR) is 117 cm³/mol. The Hall–Kier alpha value is -3.74. The molecule has 0 unspecified atom stereocenters. The Morgan fingerprint density at radius 1 is 0.867 bits per heavy atom. The van der Waals surface area contributed by atoms with Gasteiger partial charge in [0, 0.05) is 23.9 Å². The van der Waals surface area contributed by atoms with E-state index in [1.807, 2.05) is 63.2 Å². The summed E-state index contributed by atoms with van der Waals surface area (Å²) in [5.74, 6) is -0.659. The molecule has 0 spiro atoms. The molecule has 0 atom stereocenters. The highest BCUT2D eigenvalue weighted by atomic mass is 16.2. The van der Waals surface area contributed by atoms with E-state index in [1.54, 1.807) is 0 Å². The van der Waals surface area contributed by atoms with Gasteiger partial charge in [0.25, 0.3) is 11.5 Å². The zero-order valence-electron chi connectivity index (χ0n) is 17.2. The normalized spacial score (nSPS) is 10.5. The van der Waals surface area contributed by atoms with Gasteiger partial charge in [-0.1, -0.05) is 23.8 Å². The fourth-order valence-corrected chi connectivity index (χ4v) is 2.81. The molecule has 1 heterocycles. The number of carbonyl (C=O) groups excluding carboxylic acids is 2. The summed E-state index contributed by atoms with van der Waals surface area (Å²) in [6, 6.07) is 15.7. The molecule has 7 heteroatoms. The number of aryl methyl sites for hydroxylation is 4. The molecule has 2 N–H and O–H groups in total. The van der Waals surface area contributed by atoms with E-state index in [0.29, 0.717) is 11.4 Å². The van der Waals surface area contributed by atoms with Crippen LogP contribution in [0.4, 0.5) is 11.4 Å². The van der Waals surface area contributed by atoms with Crippen molar-refractivity contribution in [2.75, 3.05) is 10.6 Å². The van der Waals surface area contributed by atoms with Crippen LogP contribution in [-0.2, 0) is 11.3 Å². The molecule has 0 radical (unpaired) electrons. The van der Waals surface area contributed by atoms with Crippen molar-refractivity contribution in [3.63, 3.8) is 0 Å². The van der Waals surface area contributed by atoms with Crippen molar-refractivity contribution < 1.29 is 9.59 Å². The van der Waals surface area contributed by atoms with E-state index < -0.39 is 5.91 Å². The van der Waals surface area contributed by atoms with E-state index in [2.05, 4.69) is 15.7 Å². The van der Waals surface area contributed by atoms with Crippen LogP contribution in [-0.4, -0.2) is 21.6 Å². The number of nitrogens with zero attached hydrogens (tertiary/aromatic N) is 2. The summed E-state index contributed by atoms with van der Waals surface area (Å²) in [6.07, 6.45) is 0.0585. The Kier molecular flexibility index (Phi) is 6.41. The van der Waals surface area contributed by atoms with E-state index in [4.69, 9.17) is 0 Å². The number of anilines is 2. The molecule has 154 valence electrons. The van der Waals surface area contributed by atoms with E-state index in [1.165, 1.54) is 12.1 Å². The van der Waals surface area contributed by atoms with E-state index >= 15 is 0 Å². The van der Waals surface area contributed by atoms with E-state index in [9.17, 15) is 14.4 Å². The second-order valence-electron chi connectivity index (χ2n) is 7.20. The highest BCUT2D eigenvalue weighted by molar-refractivity contribution is 6.02. The van der Waals surface area contributed by atoms with Gasteiger partial charge < -0.3 is 10.6 Å². The second-order valence-corrected chi connectivity index (χ2v) is 7.20. The number of hydrogen-bond acceptors (Lipinski definition) is 4. The number of amides is 2. The zero-order chi connectivity index (χ0) is 21.7. The first-order valence-electron chi connectivity index (χ1n) is 9.65. The first-order valence-corrected chi connectivity index (χ1v) is 9.65. The average Bonchev–Trinajstić information content (AvgIpc) is 2.72. The molecule has 30 heavy (non-hydrogen) atoms. The summed E-state index contributed by atoms with van der Waals surface area (Å²) in [4.78, 5) is 36.8. The van der Waals surface area contributed by atoms with Crippen LogP contribution in [0.3, 0.4) is 0 Å². The topological polar surface area (TPSA) is 93.1 Å². The maximum atomic E-state index is 12.5. The summed E-state index contributed by atoms with van der Waals surface area (Å²) in [7, 11) is 0. The van der Waals surface area contributed by atoms with E-state index in [-0.39, 0.29) is 30.1 Å². The standard InChI is InChI=1S/C23H24N4O3/c1-15-4-7-18(8-5-15)24-21(28)12-13-27-22(29)11-10-20(26-27)23(30)25-19-9-6-16(2)17(3)14-19/h4-11,14H,12-13H2,1-3H3,(H,24,28)(H,25,30). The first-order chi connectivity index (χ1) is 14.3. The van der Waals surface area contributed by atoms with Crippen LogP contribution in [0.2, 0.25) is 0 Å². The molecular formula is C23H24N4O3. The zero-order valence-corrected chi connectivity index (χ0v) is 17.2. The Bertz CT molecular complexity index is 1130. The third kappa shape index (κ3) is 5.41. The van der Waals surface area contributed by atoms with Crippen LogP contribution in [0.15, 0.2) is 59.4 Å². The highest BCUT2D eigenvalue weighted by Crippen LogP contribution is 2.15. The molecule has 7 nitrogen and oxygen atoms in total. The maximum Gasteiger partial charge on any atom is 0.276 e. The van der Waals surface area contributed by atoms with Crippen molar-refractivity contribution in [2.24, 2.45) is 0 Å². The van der Waals surface area contributed by atoms with Crippen LogP contribution in [0.5, 0.6) is 0 Å². The van der Waals surface area contributed by atoms with Crippen LogP contribution in [0.25, 0.3) is 0 Å². The molecule has 0 saturated carbocycles. The van der Waals surface area contributed by atoms with Crippen LogP contribution in [0.1, 0.15) is 33.6 Å². The van der Waals surface area contributed by atoms with Gasteiger partial charge in [0.05, 0.1) is 6.54 Å². The fraction of sp³-hybridized carbons (Fsp3) is 0.217. The summed E-state index contributed by atoms with van der Waals surface area (Å²) < 4.78 is 1.13. The molecule has 1 aromatic heterocycles. The number of nitrogens with one attached hydrogen (secondary N) is 2. The third-order valence-corrected chi connectivity index (χ3v) is 4.75. The summed E-state index contributed by atoms with van der Waals surface area (Å²) >= 11 is 0. The third-order valence-electron chi connectivity index (χ3n) is 4.75. The quantitative estimate of drug-likeness (QED) is 0.658. The molecule has 0 aliphatic carbocycles.